The number of aromatic nitrogens is 3. The highest BCUT2D eigenvalue weighted by Gasteiger charge is 2.22. The van der Waals surface area contributed by atoms with E-state index in [-0.39, 0.29) is 35.5 Å². The van der Waals surface area contributed by atoms with Crippen molar-refractivity contribution in [2.45, 2.75) is 65.0 Å². The van der Waals surface area contributed by atoms with Gasteiger partial charge in [0.25, 0.3) is 0 Å². The van der Waals surface area contributed by atoms with Crippen LogP contribution in [0.2, 0.25) is 0 Å². The molecular formula is C23H37IN6O. The maximum atomic E-state index is 5.75. The van der Waals surface area contributed by atoms with Gasteiger partial charge in [-0.1, -0.05) is 45.0 Å². The summed E-state index contributed by atoms with van der Waals surface area (Å²) < 4.78 is 7.73. The van der Waals surface area contributed by atoms with Crippen LogP contribution in [0.3, 0.4) is 0 Å². The molecular weight excluding hydrogens is 503 g/mol. The largest absolute Gasteiger partial charge is 0.376 e. The molecule has 0 saturated carbocycles. The van der Waals surface area contributed by atoms with Crippen LogP contribution in [0.25, 0.3) is 0 Å². The Kier molecular flexibility index (Phi) is 9.74. The van der Waals surface area contributed by atoms with E-state index in [4.69, 9.17) is 9.73 Å². The van der Waals surface area contributed by atoms with Crippen molar-refractivity contribution in [2.24, 2.45) is 12.0 Å². The first-order valence-electron chi connectivity index (χ1n) is 11.0. The topological polar surface area (TPSA) is 76.4 Å². The first-order chi connectivity index (χ1) is 14.4. The molecule has 31 heavy (non-hydrogen) atoms. The molecule has 0 bridgehead atoms. The number of ether oxygens (including phenoxy) is 1. The van der Waals surface area contributed by atoms with Crippen molar-refractivity contribution in [1.82, 2.24) is 25.4 Å². The van der Waals surface area contributed by atoms with Crippen molar-refractivity contribution in [3.63, 3.8) is 0 Å². The Morgan fingerprint density at radius 3 is 2.55 bits per heavy atom. The number of aryl methyl sites for hydroxylation is 2. The third-order valence-corrected chi connectivity index (χ3v) is 5.92. The van der Waals surface area contributed by atoms with Gasteiger partial charge in [0.2, 0.25) is 0 Å². The standard InChI is InChI=1S/C23H36N6O.HI/c1-6-18-9-11-19(12-10-18)23(3,4)16-26-22(24-14-20-8-7-13-30-20)25-15-21-28-27-17(2)29(21)5;/h9-12,20H,6-8,13-16H2,1-5H3,(H2,24,25,26);1H. The van der Waals surface area contributed by atoms with Crippen molar-refractivity contribution in [3.8, 4) is 0 Å². The van der Waals surface area contributed by atoms with Gasteiger partial charge in [-0.15, -0.1) is 34.2 Å². The fraction of sp³-hybridized carbons (Fsp3) is 0.609. The van der Waals surface area contributed by atoms with Gasteiger partial charge in [-0.3, -0.25) is 0 Å². The molecule has 1 aromatic heterocycles. The molecule has 1 aliphatic heterocycles. The Morgan fingerprint density at radius 2 is 1.97 bits per heavy atom. The van der Waals surface area contributed by atoms with Gasteiger partial charge in [0.15, 0.2) is 11.8 Å². The molecule has 8 heteroatoms. The zero-order valence-electron chi connectivity index (χ0n) is 19.4. The first-order valence-corrected chi connectivity index (χ1v) is 11.0. The van der Waals surface area contributed by atoms with E-state index in [0.717, 1.165) is 56.6 Å². The van der Waals surface area contributed by atoms with Crippen LogP contribution in [0.1, 0.15) is 56.4 Å². The van der Waals surface area contributed by atoms with E-state index in [9.17, 15) is 0 Å². The molecule has 7 nitrogen and oxygen atoms in total. The Hall–Kier alpha value is -1.68. The summed E-state index contributed by atoms with van der Waals surface area (Å²) in [5.74, 6) is 2.52. The number of guanidine groups is 1. The fourth-order valence-electron chi connectivity index (χ4n) is 3.53. The second kappa shape index (κ2) is 11.8. The van der Waals surface area contributed by atoms with Gasteiger partial charge in [0, 0.05) is 32.2 Å². The van der Waals surface area contributed by atoms with Crippen LogP contribution in [-0.4, -0.2) is 46.5 Å². The summed E-state index contributed by atoms with van der Waals surface area (Å²) in [4.78, 5) is 4.77. The average Bonchev–Trinajstić information content (AvgIpc) is 3.38. The predicted octanol–water partition coefficient (Wildman–Crippen LogP) is 3.50. The summed E-state index contributed by atoms with van der Waals surface area (Å²) in [6, 6.07) is 8.91. The van der Waals surface area contributed by atoms with Gasteiger partial charge in [-0.05, 0) is 37.3 Å². The van der Waals surface area contributed by atoms with Gasteiger partial charge < -0.3 is 19.9 Å². The molecule has 1 aromatic carbocycles. The lowest BCUT2D eigenvalue weighted by atomic mass is 9.84. The molecule has 0 amide bonds. The van der Waals surface area contributed by atoms with E-state index >= 15 is 0 Å². The van der Waals surface area contributed by atoms with Gasteiger partial charge in [0.05, 0.1) is 6.10 Å². The number of aliphatic imine (C=N–C) groups is 1. The fourth-order valence-corrected chi connectivity index (χ4v) is 3.53. The highest BCUT2D eigenvalue weighted by Crippen LogP contribution is 2.23. The molecule has 0 spiro atoms. The number of hydrogen-bond donors (Lipinski definition) is 2. The Labute approximate surface area is 203 Å². The zero-order valence-corrected chi connectivity index (χ0v) is 21.8. The number of rotatable bonds is 8. The van der Waals surface area contributed by atoms with Gasteiger partial charge in [0.1, 0.15) is 12.4 Å². The highest BCUT2D eigenvalue weighted by molar-refractivity contribution is 14.0. The minimum Gasteiger partial charge on any atom is -0.376 e. The van der Waals surface area contributed by atoms with Crippen LogP contribution in [0.15, 0.2) is 29.3 Å². The summed E-state index contributed by atoms with van der Waals surface area (Å²) in [6.45, 7) is 11.5. The van der Waals surface area contributed by atoms with E-state index in [2.05, 4.69) is 65.9 Å². The minimum absolute atomic E-state index is 0. The van der Waals surface area contributed by atoms with Crippen molar-refractivity contribution in [2.75, 3.05) is 19.7 Å². The summed E-state index contributed by atoms with van der Waals surface area (Å²) >= 11 is 0. The van der Waals surface area contributed by atoms with Gasteiger partial charge in [-0.25, -0.2) is 4.99 Å². The quantitative estimate of drug-likeness (QED) is 0.305. The van der Waals surface area contributed by atoms with Crippen LogP contribution in [0, 0.1) is 6.92 Å². The smallest absolute Gasteiger partial charge is 0.191 e. The molecule has 1 atom stereocenters. The van der Waals surface area contributed by atoms with Crippen LogP contribution < -0.4 is 10.6 Å². The van der Waals surface area contributed by atoms with Crippen molar-refractivity contribution in [3.05, 3.63) is 47.0 Å². The minimum atomic E-state index is -0.0278. The maximum Gasteiger partial charge on any atom is 0.191 e. The number of nitrogens with one attached hydrogen (secondary N) is 2. The average molecular weight is 540 g/mol. The number of nitrogens with zero attached hydrogens (tertiary/aromatic N) is 4. The summed E-state index contributed by atoms with van der Waals surface area (Å²) in [6.07, 6.45) is 3.54. The molecule has 2 N–H and O–H groups in total. The summed E-state index contributed by atoms with van der Waals surface area (Å²) in [7, 11) is 1.97. The lowest BCUT2D eigenvalue weighted by molar-refractivity contribution is 0.113. The van der Waals surface area contributed by atoms with E-state index in [0.29, 0.717) is 6.54 Å². The number of hydrogen-bond acceptors (Lipinski definition) is 4. The predicted molar refractivity (Wildman–Crippen MR) is 136 cm³/mol. The molecule has 3 rings (SSSR count). The normalized spacial score (nSPS) is 16.8. The molecule has 2 aromatic rings. The van der Waals surface area contributed by atoms with Gasteiger partial charge >= 0.3 is 0 Å². The lowest BCUT2D eigenvalue weighted by Gasteiger charge is -2.27. The first kappa shape index (κ1) is 25.6. The van der Waals surface area contributed by atoms with E-state index in [1.54, 1.807) is 0 Å². The van der Waals surface area contributed by atoms with Crippen LogP contribution in [-0.2, 0) is 30.2 Å². The molecule has 0 aliphatic carbocycles. The van der Waals surface area contributed by atoms with E-state index < -0.39 is 0 Å². The van der Waals surface area contributed by atoms with Crippen molar-refractivity contribution in [1.29, 1.82) is 0 Å². The van der Waals surface area contributed by atoms with E-state index in [1.165, 1.54) is 11.1 Å². The Balaban J connectivity index is 0.00000341. The van der Waals surface area contributed by atoms with Crippen LogP contribution in [0.4, 0.5) is 0 Å². The SMILES string of the molecule is CCc1ccc(C(C)(C)CNC(=NCc2nnc(C)n2C)NCC2CCCO2)cc1.I. The van der Waals surface area contributed by atoms with Crippen molar-refractivity contribution < 1.29 is 4.74 Å². The van der Waals surface area contributed by atoms with E-state index in [1.807, 2.05) is 18.5 Å². The molecule has 1 aliphatic rings. The number of halogens is 1. The number of benzene rings is 1. The second-order valence-electron chi connectivity index (χ2n) is 8.69. The van der Waals surface area contributed by atoms with Gasteiger partial charge in [-0.2, -0.15) is 0 Å². The second-order valence-corrected chi connectivity index (χ2v) is 8.69. The monoisotopic (exact) mass is 540 g/mol. The lowest BCUT2D eigenvalue weighted by Crippen LogP contribution is -2.45. The van der Waals surface area contributed by atoms with Crippen molar-refractivity contribution >= 4 is 29.9 Å². The molecule has 0 radical (unpaired) electrons. The molecule has 172 valence electrons. The molecule has 1 saturated heterocycles. The molecule has 2 heterocycles. The Morgan fingerprint density at radius 1 is 1.23 bits per heavy atom. The third kappa shape index (κ3) is 7.17. The summed E-state index contributed by atoms with van der Waals surface area (Å²) in [5.41, 5.74) is 2.65. The maximum absolute atomic E-state index is 5.75. The van der Waals surface area contributed by atoms with Crippen LogP contribution in [0.5, 0.6) is 0 Å². The Bertz CT molecular complexity index is 840. The highest BCUT2D eigenvalue weighted by atomic mass is 127. The third-order valence-electron chi connectivity index (χ3n) is 5.92. The molecule has 1 unspecified atom stereocenters. The van der Waals surface area contributed by atoms with Crippen LogP contribution >= 0.6 is 24.0 Å². The molecule has 1 fully saturated rings. The summed E-state index contributed by atoms with van der Waals surface area (Å²) in [5, 5.41) is 15.3. The zero-order chi connectivity index (χ0) is 21.6.